The third-order valence-electron chi connectivity index (χ3n) is 4.06. The van der Waals surface area contributed by atoms with Crippen molar-refractivity contribution in [1.29, 1.82) is 0 Å². The number of non-ortho nitro benzene ring substituents is 1. The van der Waals surface area contributed by atoms with Gasteiger partial charge >= 0.3 is 0 Å². The Morgan fingerprint density at radius 1 is 1.46 bits per heavy atom. The first-order chi connectivity index (χ1) is 11.6. The second-order valence-electron chi connectivity index (χ2n) is 5.79. The lowest BCUT2D eigenvalue weighted by Crippen LogP contribution is -2.36. The number of benzene rings is 1. The highest BCUT2D eigenvalue weighted by Gasteiger charge is 2.22. The van der Waals surface area contributed by atoms with Gasteiger partial charge in [-0.15, -0.1) is 0 Å². The third-order valence-corrected chi connectivity index (χ3v) is 4.06. The van der Waals surface area contributed by atoms with Crippen LogP contribution in [0.2, 0.25) is 0 Å². The summed E-state index contributed by atoms with van der Waals surface area (Å²) in [5, 5.41) is 24.1. The van der Waals surface area contributed by atoms with Crippen LogP contribution in [0.5, 0.6) is 5.75 Å². The van der Waals surface area contributed by atoms with E-state index in [1.54, 1.807) is 30.6 Å². The summed E-state index contributed by atoms with van der Waals surface area (Å²) in [5.41, 5.74) is 1.73. The molecular weight excluding hydrogens is 310 g/mol. The van der Waals surface area contributed by atoms with Crippen molar-refractivity contribution in [1.82, 2.24) is 10.3 Å². The second-order valence-corrected chi connectivity index (χ2v) is 5.79. The molecule has 1 aliphatic heterocycles. The average molecular weight is 329 g/mol. The first-order valence-electron chi connectivity index (χ1n) is 7.86. The molecule has 7 nitrogen and oxygen atoms in total. The first kappa shape index (κ1) is 16.4. The molecule has 2 aromatic rings. The summed E-state index contributed by atoms with van der Waals surface area (Å²) in [4.78, 5) is 14.4. The van der Waals surface area contributed by atoms with Gasteiger partial charge in [-0.3, -0.25) is 15.1 Å². The molecule has 3 rings (SSSR count). The Kier molecular flexibility index (Phi) is 5.02. The van der Waals surface area contributed by atoms with Gasteiger partial charge in [0, 0.05) is 48.7 Å². The van der Waals surface area contributed by atoms with Gasteiger partial charge in [-0.1, -0.05) is 6.07 Å². The summed E-state index contributed by atoms with van der Waals surface area (Å²) < 4.78 is 5.88. The minimum atomic E-state index is -0.614. The van der Waals surface area contributed by atoms with E-state index in [0.29, 0.717) is 18.8 Å². The fraction of sp³-hybridized carbons (Fsp3) is 0.353. The summed E-state index contributed by atoms with van der Waals surface area (Å²) in [5.74, 6) is 0.700. The van der Waals surface area contributed by atoms with Crippen molar-refractivity contribution in [3.8, 4) is 5.75 Å². The van der Waals surface area contributed by atoms with Gasteiger partial charge in [-0.25, -0.2) is 0 Å². The summed E-state index contributed by atoms with van der Waals surface area (Å²) in [7, 11) is 0. The Morgan fingerprint density at radius 2 is 2.33 bits per heavy atom. The topological polar surface area (TPSA) is 97.5 Å². The van der Waals surface area contributed by atoms with E-state index in [1.165, 1.54) is 6.07 Å². The van der Waals surface area contributed by atoms with Crippen molar-refractivity contribution in [2.75, 3.05) is 13.1 Å². The lowest BCUT2D eigenvalue weighted by atomic mass is 10.0. The largest absolute Gasteiger partial charge is 0.489 e. The standard InChI is InChI=1S/C17H19N3O4/c21-16(13-2-1-7-18-9-13)11-19-10-15-5-3-12-8-14(20(22)23)4-6-17(12)24-15/h1-2,4,6-9,15-16,19,21H,3,5,10-11H2/t15-,16+/m1/s1. The molecule has 2 atom stereocenters. The molecule has 7 heteroatoms. The van der Waals surface area contributed by atoms with Gasteiger partial charge in [-0.2, -0.15) is 0 Å². The highest BCUT2D eigenvalue weighted by molar-refractivity contribution is 5.44. The molecule has 1 aromatic heterocycles. The monoisotopic (exact) mass is 329 g/mol. The normalized spacial score (nSPS) is 17.6. The van der Waals surface area contributed by atoms with Gasteiger partial charge in [0.1, 0.15) is 11.9 Å². The molecule has 0 spiro atoms. The smallest absolute Gasteiger partial charge is 0.269 e. The van der Waals surface area contributed by atoms with Crippen molar-refractivity contribution in [2.24, 2.45) is 0 Å². The number of aromatic nitrogens is 1. The number of hydrogen-bond acceptors (Lipinski definition) is 6. The predicted molar refractivity (Wildman–Crippen MR) is 87.9 cm³/mol. The van der Waals surface area contributed by atoms with Crippen LogP contribution in [-0.2, 0) is 6.42 Å². The minimum Gasteiger partial charge on any atom is -0.489 e. The van der Waals surface area contributed by atoms with Crippen molar-refractivity contribution < 1.29 is 14.8 Å². The molecule has 0 unspecified atom stereocenters. The van der Waals surface area contributed by atoms with E-state index in [1.807, 2.05) is 6.07 Å². The Hall–Kier alpha value is -2.51. The Balaban J connectivity index is 1.50. The maximum Gasteiger partial charge on any atom is 0.269 e. The number of nitro groups is 1. The van der Waals surface area contributed by atoms with Gasteiger partial charge < -0.3 is 15.2 Å². The zero-order chi connectivity index (χ0) is 16.9. The van der Waals surface area contributed by atoms with Crippen LogP contribution in [0, 0.1) is 10.1 Å². The zero-order valence-electron chi connectivity index (χ0n) is 13.1. The number of rotatable bonds is 6. The molecule has 0 fully saturated rings. The minimum absolute atomic E-state index is 0.0138. The molecule has 1 aliphatic rings. The highest BCUT2D eigenvalue weighted by Crippen LogP contribution is 2.30. The molecule has 2 N–H and O–H groups in total. The molecule has 0 saturated heterocycles. The van der Waals surface area contributed by atoms with Gasteiger partial charge in [0.25, 0.3) is 5.69 Å². The van der Waals surface area contributed by atoms with E-state index in [2.05, 4.69) is 10.3 Å². The molecule has 0 bridgehead atoms. The van der Waals surface area contributed by atoms with Crippen LogP contribution in [0.4, 0.5) is 5.69 Å². The number of hydrogen-bond donors (Lipinski definition) is 2. The highest BCUT2D eigenvalue weighted by atomic mass is 16.6. The van der Waals surface area contributed by atoms with Crippen LogP contribution in [0.15, 0.2) is 42.7 Å². The summed E-state index contributed by atoms with van der Waals surface area (Å²) in [6, 6.07) is 8.31. The van der Waals surface area contributed by atoms with E-state index in [4.69, 9.17) is 4.74 Å². The maximum atomic E-state index is 10.8. The van der Waals surface area contributed by atoms with E-state index >= 15 is 0 Å². The van der Waals surface area contributed by atoms with Gasteiger partial charge in [0.2, 0.25) is 0 Å². The first-order valence-corrected chi connectivity index (χ1v) is 7.86. The quantitative estimate of drug-likeness (QED) is 0.621. The number of nitro benzene ring substituents is 1. The zero-order valence-corrected chi connectivity index (χ0v) is 13.1. The second kappa shape index (κ2) is 7.37. The van der Waals surface area contributed by atoms with Crippen LogP contribution in [-0.4, -0.2) is 34.2 Å². The van der Waals surface area contributed by atoms with Crippen LogP contribution >= 0.6 is 0 Å². The van der Waals surface area contributed by atoms with Crippen molar-refractivity contribution in [3.63, 3.8) is 0 Å². The molecular formula is C17H19N3O4. The van der Waals surface area contributed by atoms with Crippen molar-refractivity contribution in [2.45, 2.75) is 25.0 Å². The van der Waals surface area contributed by atoms with E-state index in [0.717, 1.165) is 24.0 Å². The van der Waals surface area contributed by atoms with Crippen molar-refractivity contribution in [3.05, 3.63) is 64.0 Å². The molecule has 126 valence electrons. The lowest BCUT2D eigenvalue weighted by Gasteiger charge is -2.26. The third kappa shape index (κ3) is 3.87. The number of fused-ring (bicyclic) bond motifs is 1. The molecule has 0 saturated carbocycles. The van der Waals surface area contributed by atoms with Gasteiger partial charge in [0.15, 0.2) is 0 Å². The summed E-state index contributed by atoms with van der Waals surface area (Å²) in [6.07, 6.45) is 4.21. The van der Waals surface area contributed by atoms with Crippen molar-refractivity contribution >= 4 is 5.69 Å². The van der Waals surface area contributed by atoms with Crippen LogP contribution in [0.25, 0.3) is 0 Å². The molecule has 0 radical (unpaired) electrons. The number of ether oxygens (including phenoxy) is 1. The lowest BCUT2D eigenvalue weighted by molar-refractivity contribution is -0.385. The number of pyridine rings is 1. The Labute approximate surface area is 139 Å². The Bertz CT molecular complexity index is 708. The number of aliphatic hydroxyl groups excluding tert-OH is 1. The molecule has 1 aromatic carbocycles. The molecule has 0 aliphatic carbocycles. The van der Waals surface area contributed by atoms with Gasteiger partial charge in [0.05, 0.1) is 11.0 Å². The molecule has 0 amide bonds. The SMILES string of the molecule is O=[N+]([O-])c1ccc2c(c1)CC[C@H](CNC[C@H](O)c1cccnc1)O2. The number of nitrogens with one attached hydrogen (secondary N) is 1. The molecule has 2 heterocycles. The number of aliphatic hydroxyl groups is 1. The molecule has 24 heavy (non-hydrogen) atoms. The predicted octanol–water partition coefficient (Wildman–Crippen LogP) is 2.01. The van der Waals surface area contributed by atoms with E-state index in [9.17, 15) is 15.2 Å². The van der Waals surface area contributed by atoms with Crippen LogP contribution in [0.3, 0.4) is 0 Å². The average Bonchev–Trinajstić information content (AvgIpc) is 2.61. The summed E-state index contributed by atoms with van der Waals surface area (Å²) >= 11 is 0. The number of aryl methyl sites for hydroxylation is 1. The number of nitrogens with zero attached hydrogens (tertiary/aromatic N) is 2. The van der Waals surface area contributed by atoms with Gasteiger partial charge in [-0.05, 0) is 25.0 Å². The van der Waals surface area contributed by atoms with Crippen LogP contribution < -0.4 is 10.1 Å². The fourth-order valence-corrected chi connectivity index (χ4v) is 2.76. The Morgan fingerprint density at radius 3 is 3.08 bits per heavy atom. The van der Waals surface area contributed by atoms with E-state index in [-0.39, 0.29) is 11.8 Å². The fourth-order valence-electron chi connectivity index (χ4n) is 2.76. The maximum absolute atomic E-state index is 10.8. The summed E-state index contributed by atoms with van der Waals surface area (Å²) in [6.45, 7) is 1.02. The van der Waals surface area contributed by atoms with E-state index < -0.39 is 11.0 Å². The van der Waals surface area contributed by atoms with Crippen LogP contribution in [0.1, 0.15) is 23.7 Å².